The SMILES string of the molecule is CCCCCCCCC=CCCCCC(CCC)n1c(=O)[nH]c(=O)n1SSn1c(=O)[nH]c(=O)n1C(CCC)CCCCC=CCCCCCCCC. The van der Waals surface area contributed by atoms with Gasteiger partial charge in [0.25, 0.3) is 0 Å². The van der Waals surface area contributed by atoms with E-state index in [9.17, 15) is 19.2 Å². The summed E-state index contributed by atoms with van der Waals surface area (Å²) in [5.41, 5.74) is -1.96. The van der Waals surface area contributed by atoms with Crippen molar-refractivity contribution in [1.29, 1.82) is 0 Å². The van der Waals surface area contributed by atoms with Crippen LogP contribution >= 0.6 is 22.0 Å². The highest BCUT2D eigenvalue weighted by Gasteiger charge is 2.23. The van der Waals surface area contributed by atoms with Gasteiger partial charge in [-0.2, -0.15) is 8.17 Å². The zero-order chi connectivity index (χ0) is 37.8. The molecule has 0 saturated carbocycles. The van der Waals surface area contributed by atoms with Gasteiger partial charge in [-0.15, -0.1) is 0 Å². The Morgan fingerprint density at radius 3 is 1.10 bits per heavy atom. The maximum absolute atomic E-state index is 13.0. The number of nitrogens with one attached hydrogen (secondary N) is 2. The van der Waals surface area contributed by atoms with Gasteiger partial charge in [-0.05, 0) is 77.0 Å². The fourth-order valence-electron chi connectivity index (χ4n) is 6.87. The van der Waals surface area contributed by atoms with Crippen LogP contribution in [0.3, 0.4) is 0 Å². The first-order valence-electron chi connectivity index (χ1n) is 20.9. The summed E-state index contributed by atoms with van der Waals surface area (Å²) in [5.74, 6) is 0. The Labute approximate surface area is 321 Å². The van der Waals surface area contributed by atoms with Crippen molar-refractivity contribution >= 4 is 22.0 Å². The molecule has 12 heteroatoms. The summed E-state index contributed by atoms with van der Waals surface area (Å²) < 4.78 is 5.69. The van der Waals surface area contributed by atoms with Gasteiger partial charge in [-0.3, -0.25) is 9.97 Å². The molecule has 2 N–H and O–H groups in total. The predicted octanol–water partition coefficient (Wildman–Crippen LogP) is 11.0. The normalized spacial score (nSPS) is 13.2. The van der Waals surface area contributed by atoms with E-state index in [1.165, 1.54) is 94.6 Å². The summed E-state index contributed by atoms with van der Waals surface area (Å²) >= 11 is 0. The molecule has 2 rings (SSSR count). The molecule has 0 aliphatic heterocycles. The van der Waals surface area contributed by atoms with Crippen LogP contribution < -0.4 is 22.8 Å². The van der Waals surface area contributed by atoms with Crippen LogP contribution in [-0.4, -0.2) is 27.5 Å². The van der Waals surface area contributed by atoms with Gasteiger partial charge < -0.3 is 0 Å². The second kappa shape index (κ2) is 29.1. The molecule has 10 nitrogen and oxygen atoms in total. The van der Waals surface area contributed by atoms with E-state index >= 15 is 0 Å². The van der Waals surface area contributed by atoms with Crippen molar-refractivity contribution in [2.24, 2.45) is 0 Å². The first-order valence-corrected chi connectivity index (χ1v) is 23.0. The van der Waals surface area contributed by atoms with E-state index in [1.54, 1.807) is 0 Å². The highest BCUT2D eigenvalue weighted by molar-refractivity contribution is 8.75. The molecular weight excluding hydrogens is 693 g/mol. The Kier molecular flexibility index (Phi) is 25.6. The van der Waals surface area contributed by atoms with E-state index in [-0.39, 0.29) is 12.1 Å². The van der Waals surface area contributed by atoms with E-state index in [4.69, 9.17) is 0 Å². The Balaban J connectivity index is 1.97. The molecular formula is C40H72N6O4S2. The van der Waals surface area contributed by atoms with Gasteiger partial charge >= 0.3 is 22.8 Å². The van der Waals surface area contributed by atoms with Gasteiger partial charge in [-0.25, -0.2) is 28.5 Å². The van der Waals surface area contributed by atoms with E-state index in [0.717, 1.165) is 112 Å². The molecule has 2 aromatic heterocycles. The first kappa shape index (κ1) is 45.8. The van der Waals surface area contributed by atoms with Crippen LogP contribution in [0.2, 0.25) is 0 Å². The van der Waals surface area contributed by atoms with Gasteiger partial charge in [0.2, 0.25) is 0 Å². The number of hydrogen-bond donors (Lipinski definition) is 2. The van der Waals surface area contributed by atoms with Crippen molar-refractivity contribution < 1.29 is 0 Å². The predicted molar refractivity (Wildman–Crippen MR) is 224 cm³/mol. The molecule has 2 atom stereocenters. The molecule has 2 unspecified atom stereocenters. The number of hydrogen-bond acceptors (Lipinski definition) is 6. The molecule has 0 bridgehead atoms. The highest BCUT2D eigenvalue weighted by atomic mass is 33.1. The molecule has 0 aliphatic carbocycles. The van der Waals surface area contributed by atoms with Crippen LogP contribution in [0.25, 0.3) is 0 Å². The lowest BCUT2D eigenvalue weighted by molar-refractivity contribution is 0.361. The maximum Gasteiger partial charge on any atom is 0.355 e. The molecule has 0 amide bonds. The average molecular weight is 765 g/mol. The van der Waals surface area contributed by atoms with Crippen molar-refractivity contribution in [2.75, 3.05) is 0 Å². The summed E-state index contributed by atoms with van der Waals surface area (Å²) in [7, 11) is 2.00. The minimum atomic E-state index is -0.534. The lowest BCUT2D eigenvalue weighted by Crippen LogP contribution is -2.29. The number of aromatic nitrogens is 6. The molecule has 0 aromatic carbocycles. The minimum Gasteiger partial charge on any atom is -0.256 e. The van der Waals surface area contributed by atoms with Crippen LogP contribution in [-0.2, 0) is 0 Å². The number of aromatic amines is 2. The lowest BCUT2D eigenvalue weighted by atomic mass is 10.0. The Bertz CT molecular complexity index is 1370. The molecule has 0 aliphatic rings. The summed E-state index contributed by atoms with van der Waals surface area (Å²) in [6, 6.07) is -0.288. The molecule has 2 aromatic rings. The molecule has 2 heterocycles. The zero-order valence-corrected chi connectivity index (χ0v) is 34.7. The van der Waals surface area contributed by atoms with Crippen molar-refractivity contribution in [1.82, 2.24) is 27.5 Å². The smallest absolute Gasteiger partial charge is 0.256 e. The number of unbranched alkanes of at least 4 members (excludes halogenated alkanes) is 16. The van der Waals surface area contributed by atoms with Crippen LogP contribution in [0.1, 0.15) is 207 Å². The number of H-pyrrole nitrogens is 2. The highest BCUT2D eigenvalue weighted by Crippen LogP contribution is 2.28. The molecule has 0 fully saturated rings. The molecule has 0 saturated heterocycles. The van der Waals surface area contributed by atoms with Crippen LogP contribution in [0.15, 0.2) is 43.5 Å². The Hall–Kier alpha value is -2.34. The van der Waals surface area contributed by atoms with Crippen molar-refractivity contribution in [3.8, 4) is 0 Å². The zero-order valence-electron chi connectivity index (χ0n) is 33.1. The third-order valence-corrected chi connectivity index (χ3v) is 11.9. The second-order valence-corrected chi connectivity index (χ2v) is 16.2. The monoisotopic (exact) mass is 765 g/mol. The van der Waals surface area contributed by atoms with Crippen molar-refractivity contribution in [3.05, 3.63) is 66.2 Å². The number of allylic oxidation sites excluding steroid dienone is 4. The summed E-state index contributed by atoms with van der Waals surface area (Å²) in [5, 5.41) is 0. The van der Waals surface area contributed by atoms with E-state index in [0.29, 0.717) is 0 Å². The average Bonchev–Trinajstić information content (AvgIpc) is 3.57. The van der Waals surface area contributed by atoms with Crippen LogP contribution in [0, 0.1) is 0 Å². The largest absolute Gasteiger partial charge is 0.355 e. The standard InChI is InChI=1S/C40H72N6O4S2/c1-5-9-11-13-15-17-19-21-23-25-27-29-33-35(31-7-3)43-37(47)41-39(49)45(43)51-52-46-40(50)42-38(48)44(46)36(32-8-4)34-30-28-26-24-22-20-18-16-14-12-10-6-2/h21-24,35-36H,5-20,25-34H2,1-4H3,(H,41,47,49)(H,42,48,50). The molecule has 298 valence electrons. The van der Waals surface area contributed by atoms with E-state index in [1.807, 2.05) is 0 Å². The number of nitrogens with zero attached hydrogens (tertiary/aromatic N) is 4. The maximum atomic E-state index is 13.0. The van der Waals surface area contributed by atoms with Gasteiger partial charge in [-0.1, -0.05) is 142 Å². The quantitative estimate of drug-likeness (QED) is 0.0424. The summed E-state index contributed by atoms with van der Waals surface area (Å²) in [4.78, 5) is 57.0. The number of rotatable bonds is 33. The van der Waals surface area contributed by atoms with Crippen molar-refractivity contribution in [2.45, 2.75) is 207 Å². The van der Waals surface area contributed by atoms with Gasteiger partial charge in [0, 0.05) is 0 Å². The first-order chi connectivity index (χ1) is 25.4. The van der Waals surface area contributed by atoms with Crippen molar-refractivity contribution in [3.63, 3.8) is 0 Å². The van der Waals surface area contributed by atoms with E-state index < -0.39 is 22.8 Å². The van der Waals surface area contributed by atoms with Gasteiger partial charge in [0.05, 0.1) is 34.0 Å². The fourth-order valence-corrected chi connectivity index (χ4v) is 9.00. The van der Waals surface area contributed by atoms with Gasteiger partial charge in [0.1, 0.15) is 0 Å². The Morgan fingerprint density at radius 2 is 0.750 bits per heavy atom. The minimum absolute atomic E-state index is 0.144. The topological polar surface area (TPSA) is 120 Å². The molecule has 52 heavy (non-hydrogen) atoms. The second-order valence-electron chi connectivity index (χ2n) is 14.4. The third-order valence-electron chi connectivity index (χ3n) is 9.79. The Morgan fingerprint density at radius 1 is 0.423 bits per heavy atom. The van der Waals surface area contributed by atoms with Crippen LogP contribution in [0.4, 0.5) is 0 Å². The molecule has 0 radical (unpaired) electrons. The fraction of sp³-hybridized carbons (Fsp3) is 0.800. The third kappa shape index (κ3) is 17.7. The van der Waals surface area contributed by atoms with Gasteiger partial charge in [0.15, 0.2) is 0 Å². The lowest BCUT2D eigenvalue weighted by Gasteiger charge is -2.21. The summed E-state index contributed by atoms with van der Waals surface area (Å²) in [6.07, 6.45) is 37.9. The molecule has 0 spiro atoms. The van der Waals surface area contributed by atoms with E-state index in [2.05, 4.69) is 62.0 Å². The van der Waals surface area contributed by atoms with Crippen LogP contribution in [0.5, 0.6) is 0 Å². The summed E-state index contributed by atoms with van der Waals surface area (Å²) in [6.45, 7) is 8.66.